The number of halogens is 1. The third kappa shape index (κ3) is 6.84. The Hall–Kier alpha value is -2.13. The molecule has 0 saturated carbocycles. The predicted octanol–water partition coefficient (Wildman–Crippen LogP) is 1.91. The maximum absolute atomic E-state index is 10.2. The first kappa shape index (κ1) is 21.2. The lowest BCUT2D eigenvalue weighted by Gasteiger charge is -2.27. The first-order valence-corrected chi connectivity index (χ1v) is 8.92. The summed E-state index contributed by atoms with van der Waals surface area (Å²) in [5.74, 6) is 6.65. The molecule has 148 valence electrons. The third-order valence-corrected chi connectivity index (χ3v) is 4.26. The van der Waals surface area contributed by atoms with Gasteiger partial charge in [-0.05, 0) is 38.5 Å². The summed E-state index contributed by atoms with van der Waals surface area (Å²) in [6.07, 6.45) is -0.699. The molecule has 1 heterocycles. The van der Waals surface area contributed by atoms with E-state index in [1.54, 1.807) is 18.2 Å². The van der Waals surface area contributed by atoms with E-state index in [2.05, 4.69) is 20.9 Å². The summed E-state index contributed by atoms with van der Waals surface area (Å²) in [6, 6.07) is 8.88. The van der Waals surface area contributed by atoms with Crippen LogP contribution in [0.15, 0.2) is 30.3 Å². The van der Waals surface area contributed by atoms with Crippen molar-refractivity contribution in [2.24, 2.45) is 5.84 Å². The van der Waals surface area contributed by atoms with Crippen LogP contribution in [0, 0.1) is 6.92 Å². The zero-order chi connectivity index (χ0) is 19.9. The van der Waals surface area contributed by atoms with Gasteiger partial charge in [-0.15, -0.1) is 10.2 Å². The van der Waals surface area contributed by atoms with Gasteiger partial charge in [0.15, 0.2) is 5.82 Å². The normalized spacial score (nSPS) is 12.5. The van der Waals surface area contributed by atoms with E-state index in [0.29, 0.717) is 35.6 Å². The molecule has 9 heteroatoms. The minimum Gasteiger partial charge on any atom is -0.489 e. The number of hydrazine groups is 1. The molecule has 0 fully saturated rings. The molecular weight excluding hydrogens is 370 g/mol. The molecular formula is C18H26ClN5O3. The van der Waals surface area contributed by atoms with Crippen LogP contribution in [0.4, 0.5) is 5.82 Å². The highest BCUT2D eigenvalue weighted by molar-refractivity contribution is 6.32. The van der Waals surface area contributed by atoms with E-state index in [9.17, 15) is 5.11 Å². The lowest BCUT2D eigenvalue weighted by atomic mass is 10.1. The molecule has 0 radical (unpaired) electrons. The van der Waals surface area contributed by atoms with Crippen LogP contribution in [0.2, 0.25) is 5.02 Å². The van der Waals surface area contributed by atoms with Gasteiger partial charge >= 0.3 is 0 Å². The van der Waals surface area contributed by atoms with Gasteiger partial charge in [-0.2, -0.15) is 0 Å². The number of aliphatic hydroxyl groups excluding tert-OH is 1. The topological polar surface area (TPSA) is 115 Å². The number of β-amino-alcohol motifs (C(OH)–C–C–N with tert-alkyl or cyclic N) is 1. The average molecular weight is 396 g/mol. The molecule has 0 aliphatic rings. The summed E-state index contributed by atoms with van der Waals surface area (Å²) < 4.78 is 11.2. The highest BCUT2D eigenvalue weighted by atomic mass is 35.5. The standard InChI is InChI=1S/C18H26ClN5O3/c1-12-5-4-6-14(17(12)19)26-10-13(25)9-21-18(2,3)11-27-16-8-7-15(22-20)23-24-16/h4-8,13,21,25H,9-11,20H2,1-3H3,(H,22,23). The number of aliphatic hydroxyl groups is 1. The van der Waals surface area contributed by atoms with Crippen LogP contribution >= 0.6 is 11.6 Å². The second-order valence-corrected chi connectivity index (χ2v) is 7.18. The van der Waals surface area contributed by atoms with Crippen LogP contribution < -0.4 is 26.1 Å². The zero-order valence-corrected chi connectivity index (χ0v) is 16.5. The third-order valence-electron chi connectivity index (χ3n) is 3.77. The van der Waals surface area contributed by atoms with E-state index in [0.717, 1.165) is 5.56 Å². The molecule has 1 atom stereocenters. The second kappa shape index (κ2) is 9.70. The molecule has 0 spiro atoms. The van der Waals surface area contributed by atoms with Crippen molar-refractivity contribution in [1.29, 1.82) is 0 Å². The highest BCUT2D eigenvalue weighted by Crippen LogP contribution is 2.27. The smallest absolute Gasteiger partial charge is 0.233 e. The number of nitrogen functional groups attached to an aromatic ring is 1. The van der Waals surface area contributed by atoms with E-state index in [4.69, 9.17) is 26.9 Å². The SMILES string of the molecule is Cc1cccc(OCC(O)CNC(C)(C)COc2ccc(NN)nn2)c1Cl. The Kier molecular flexibility index (Phi) is 7.61. The zero-order valence-electron chi connectivity index (χ0n) is 15.7. The maximum Gasteiger partial charge on any atom is 0.233 e. The van der Waals surface area contributed by atoms with Crippen LogP contribution in [-0.2, 0) is 0 Å². The largest absolute Gasteiger partial charge is 0.489 e. The fourth-order valence-corrected chi connectivity index (χ4v) is 2.33. The maximum atomic E-state index is 10.2. The van der Waals surface area contributed by atoms with Gasteiger partial charge in [-0.25, -0.2) is 5.84 Å². The van der Waals surface area contributed by atoms with Crippen molar-refractivity contribution < 1.29 is 14.6 Å². The van der Waals surface area contributed by atoms with Crippen molar-refractivity contribution in [3.8, 4) is 11.6 Å². The van der Waals surface area contributed by atoms with Crippen molar-refractivity contribution >= 4 is 17.4 Å². The number of benzene rings is 1. The molecule has 2 aromatic rings. The summed E-state index contributed by atoms with van der Waals surface area (Å²) in [7, 11) is 0. The highest BCUT2D eigenvalue weighted by Gasteiger charge is 2.20. The Morgan fingerprint density at radius 1 is 1.22 bits per heavy atom. The van der Waals surface area contributed by atoms with Gasteiger partial charge in [0.2, 0.25) is 5.88 Å². The van der Waals surface area contributed by atoms with E-state index in [1.165, 1.54) is 0 Å². The predicted molar refractivity (Wildman–Crippen MR) is 105 cm³/mol. The van der Waals surface area contributed by atoms with Crippen LogP contribution in [-0.4, -0.2) is 46.7 Å². The lowest BCUT2D eigenvalue weighted by molar-refractivity contribution is 0.0923. The Morgan fingerprint density at radius 2 is 2.00 bits per heavy atom. The van der Waals surface area contributed by atoms with Gasteiger partial charge in [-0.1, -0.05) is 23.7 Å². The second-order valence-electron chi connectivity index (χ2n) is 6.81. The quantitative estimate of drug-likeness (QED) is 0.356. The number of aromatic nitrogens is 2. The van der Waals surface area contributed by atoms with Gasteiger partial charge < -0.3 is 25.3 Å². The first-order chi connectivity index (χ1) is 12.8. The van der Waals surface area contributed by atoms with Crippen LogP contribution in [0.1, 0.15) is 19.4 Å². The van der Waals surface area contributed by atoms with E-state index >= 15 is 0 Å². The number of hydrogen-bond donors (Lipinski definition) is 4. The molecule has 8 nitrogen and oxygen atoms in total. The minimum absolute atomic E-state index is 0.131. The molecule has 0 bridgehead atoms. The van der Waals surface area contributed by atoms with E-state index in [-0.39, 0.29) is 6.61 Å². The Morgan fingerprint density at radius 3 is 2.67 bits per heavy atom. The fraction of sp³-hybridized carbons (Fsp3) is 0.444. The molecule has 2 rings (SSSR count). The molecule has 5 N–H and O–H groups in total. The summed E-state index contributed by atoms with van der Waals surface area (Å²) >= 11 is 6.18. The number of nitrogens with one attached hydrogen (secondary N) is 2. The van der Waals surface area contributed by atoms with Crippen molar-refractivity contribution in [3.05, 3.63) is 40.9 Å². The number of hydrogen-bond acceptors (Lipinski definition) is 8. The summed E-state index contributed by atoms with van der Waals surface area (Å²) in [5, 5.41) is 21.7. The monoisotopic (exact) mass is 395 g/mol. The number of nitrogens with two attached hydrogens (primary N) is 1. The Balaban J connectivity index is 1.75. The summed E-state index contributed by atoms with van der Waals surface area (Å²) in [6.45, 7) is 6.63. The molecule has 0 saturated heterocycles. The van der Waals surface area contributed by atoms with Gasteiger partial charge in [0.25, 0.3) is 0 Å². The molecule has 1 aromatic carbocycles. The summed E-state index contributed by atoms with van der Waals surface area (Å²) in [5.41, 5.74) is 2.93. The van der Waals surface area contributed by atoms with Crippen LogP contribution in [0.5, 0.6) is 11.6 Å². The Bertz CT molecular complexity index is 727. The van der Waals surface area contributed by atoms with Crippen molar-refractivity contribution in [1.82, 2.24) is 15.5 Å². The minimum atomic E-state index is -0.699. The summed E-state index contributed by atoms with van der Waals surface area (Å²) in [4.78, 5) is 0. The van der Waals surface area contributed by atoms with Crippen LogP contribution in [0.25, 0.3) is 0 Å². The molecule has 0 aliphatic heterocycles. The number of nitrogens with zero attached hydrogens (tertiary/aromatic N) is 2. The molecule has 0 amide bonds. The number of aryl methyl sites for hydroxylation is 1. The van der Waals surface area contributed by atoms with Gasteiger partial charge in [0.1, 0.15) is 25.1 Å². The first-order valence-electron chi connectivity index (χ1n) is 8.55. The fourth-order valence-electron chi connectivity index (χ4n) is 2.15. The van der Waals surface area contributed by atoms with Crippen molar-refractivity contribution in [2.75, 3.05) is 25.2 Å². The van der Waals surface area contributed by atoms with Gasteiger partial charge in [0, 0.05) is 18.2 Å². The molecule has 0 aliphatic carbocycles. The van der Waals surface area contributed by atoms with E-state index in [1.807, 2.05) is 32.9 Å². The number of anilines is 1. The number of rotatable bonds is 10. The van der Waals surface area contributed by atoms with Gasteiger partial charge in [0.05, 0.1) is 5.02 Å². The molecule has 1 unspecified atom stereocenters. The lowest BCUT2D eigenvalue weighted by Crippen LogP contribution is -2.48. The molecule has 1 aromatic heterocycles. The Labute approximate surface area is 164 Å². The van der Waals surface area contributed by atoms with Crippen molar-refractivity contribution in [3.63, 3.8) is 0 Å². The van der Waals surface area contributed by atoms with Gasteiger partial charge in [-0.3, -0.25) is 0 Å². The number of ether oxygens (including phenoxy) is 2. The van der Waals surface area contributed by atoms with Crippen LogP contribution in [0.3, 0.4) is 0 Å². The average Bonchev–Trinajstić information content (AvgIpc) is 2.66. The van der Waals surface area contributed by atoms with Crippen molar-refractivity contribution in [2.45, 2.75) is 32.4 Å². The van der Waals surface area contributed by atoms with E-state index < -0.39 is 11.6 Å². The molecule has 27 heavy (non-hydrogen) atoms.